The lowest BCUT2D eigenvalue weighted by Crippen LogP contribution is -2.30. The van der Waals surface area contributed by atoms with Crippen molar-refractivity contribution in [1.29, 1.82) is 0 Å². The van der Waals surface area contributed by atoms with Crippen LogP contribution in [0.5, 0.6) is 0 Å². The van der Waals surface area contributed by atoms with Gasteiger partial charge in [-0.25, -0.2) is 4.98 Å². The SMILES string of the molecule is C[C@H]1CCCC[C@@H]1Nc1cccc(F)n1. The minimum absolute atomic E-state index is 0.413. The number of anilines is 1. The number of pyridine rings is 1. The first-order valence-electron chi connectivity index (χ1n) is 5.65. The average molecular weight is 208 g/mol. The molecule has 1 aliphatic carbocycles. The van der Waals surface area contributed by atoms with Crippen molar-refractivity contribution in [2.24, 2.45) is 5.92 Å². The summed E-state index contributed by atoms with van der Waals surface area (Å²) in [7, 11) is 0. The molecule has 0 radical (unpaired) electrons. The van der Waals surface area contributed by atoms with E-state index < -0.39 is 5.95 Å². The van der Waals surface area contributed by atoms with E-state index >= 15 is 0 Å². The van der Waals surface area contributed by atoms with E-state index in [9.17, 15) is 4.39 Å². The van der Waals surface area contributed by atoms with Crippen molar-refractivity contribution in [3.8, 4) is 0 Å². The molecule has 1 aromatic rings. The molecule has 1 aromatic heterocycles. The lowest BCUT2D eigenvalue weighted by Gasteiger charge is -2.29. The lowest BCUT2D eigenvalue weighted by molar-refractivity contribution is 0.348. The molecule has 1 heterocycles. The molecule has 0 amide bonds. The van der Waals surface area contributed by atoms with Gasteiger partial charge in [-0.1, -0.05) is 25.8 Å². The average Bonchev–Trinajstić information content (AvgIpc) is 2.22. The van der Waals surface area contributed by atoms with Crippen molar-refractivity contribution in [2.45, 2.75) is 38.6 Å². The molecule has 0 aromatic carbocycles. The van der Waals surface area contributed by atoms with Gasteiger partial charge in [0.25, 0.3) is 0 Å². The molecule has 3 heteroatoms. The summed E-state index contributed by atoms with van der Waals surface area (Å²) in [5.41, 5.74) is 0. The Balaban J connectivity index is 2.01. The van der Waals surface area contributed by atoms with Crippen LogP contribution in [0.15, 0.2) is 18.2 Å². The first kappa shape index (κ1) is 10.4. The molecular formula is C12H17FN2. The molecule has 0 bridgehead atoms. The van der Waals surface area contributed by atoms with Crippen LogP contribution < -0.4 is 5.32 Å². The number of nitrogens with zero attached hydrogens (tertiary/aromatic N) is 1. The van der Waals surface area contributed by atoms with Gasteiger partial charge in [-0.05, 0) is 30.9 Å². The van der Waals surface area contributed by atoms with E-state index in [4.69, 9.17) is 0 Å². The van der Waals surface area contributed by atoms with Gasteiger partial charge < -0.3 is 5.32 Å². The molecule has 0 saturated heterocycles. The van der Waals surface area contributed by atoms with Crippen LogP contribution in [0.2, 0.25) is 0 Å². The van der Waals surface area contributed by atoms with Crippen LogP contribution in [0.4, 0.5) is 10.2 Å². The number of hydrogen-bond acceptors (Lipinski definition) is 2. The van der Waals surface area contributed by atoms with Crippen molar-refractivity contribution in [3.63, 3.8) is 0 Å². The van der Waals surface area contributed by atoms with Crippen LogP contribution in [0.1, 0.15) is 32.6 Å². The first-order valence-corrected chi connectivity index (χ1v) is 5.65. The van der Waals surface area contributed by atoms with E-state index in [2.05, 4.69) is 17.2 Å². The standard InChI is InChI=1S/C12H17FN2/c1-9-5-2-3-6-10(9)14-12-8-4-7-11(13)15-12/h4,7-10H,2-3,5-6H2,1H3,(H,14,15)/t9-,10-/m0/s1. The Hall–Kier alpha value is -1.12. The molecule has 1 saturated carbocycles. The second-order valence-corrected chi connectivity index (χ2v) is 4.36. The summed E-state index contributed by atoms with van der Waals surface area (Å²) in [5, 5.41) is 3.32. The van der Waals surface area contributed by atoms with Crippen molar-refractivity contribution in [1.82, 2.24) is 4.98 Å². The number of aromatic nitrogens is 1. The van der Waals surface area contributed by atoms with E-state index in [-0.39, 0.29) is 0 Å². The molecule has 1 aliphatic rings. The smallest absolute Gasteiger partial charge is 0.214 e. The van der Waals surface area contributed by atoms with Crippen LogP contribution in [0, 0.1) is 11.9 Å². The molecule has 1 N–H and O–H groups in total. The minimum Gasteiger partial charge on any atom is -0.367 e. The zero-order valence-electron chi connectivity index (χ0n) is 9.04. The number of rotatable bonds is 2. The maximum absolute atomic E-state index is 12.9. The van der Waals surface area contributed by atoms with Crippen LogP contribution in [0.25, 0.3) is 0 Å². The van der Waals surface area contributed by atoms with E-state index in [1.165, 1.54) is 31.7 Å². The highest BCUT2D eigenvalue weighted by molar-refractivity contribution is 5.35. The van der Waals surface area contributed by atoms with E-state index in [0.717, 1.165) is 0 Å². The summed E-state index contributed by atoms with van der Waals surface area (Å²) in [6, 6.07) is 5.34. The van der Waals surface area contributed by atoms with E-state index in [1.54, 1.807) is 6.07 Å². The largest absolute Gasteiger partial charge is 0.367 e. The van der Waals surface area contributed by atoms with Crippen molar-refractivity contribution in [2.75, 3.05) is 5.32 Å². The Morgan fingerprint density at radius 3 is 2.87 bits per heavy atom. The Kier molecular flexibility index (Phi) is 3.19. The lowest BCUT2D eigenvalue weighted by atomic mass is 9.86. The summed E-state index contributed by atoms with van der Waals surface area (Å²) in [5.74, 6) is 0.904. The molecule has 2 rings (SSSR count). The predicted molar refractivity (Wildman–Crippen MR) is 59.2 cm³/mol. The molecule has 82 valence electrons. The zero-order valence-corrected chi connectivity index (χ0v) is 9.04. The fourth-order valence-corrected chi connectivity index (χ4v) is 2.21. The van der Waals surface area contributed by atoms with Crippen LogP contribution in [-0.2, 0) is 0 Å². The van der Waals surface area contributed by atoms with Crippen LogP contribution in [-0.4, -0.2) is 11.0 Å². The van der Waals surface area contributed by atoms with E-state index in [0.29, 0.717) is 17.8 Å². The fraction of sp³-hybridized carbons (Fsp3) is 0.583. The molecule has 15 heavy (non-hydrogen) atoms. The zero-order chi connectivity index (χ0) is 10.7. The van der Waals surface area contributed by atoms with Crippen molar-refractivity contribution < 1.29 is 4.39 Å². The Labute approximate surface area is 89.9 Å². The Morgan fingerprint density at radius 2 is 2.13 bits per heavy atom. The van der Waals surface area contributed by atoms with Gasteiger partial charge in [0.15, 0.2) is 0 Å². The third-order valence-electron chi connectivity index (χ3n) is 3.16. The summed E-state index contributed by atoms with van der Waals surface area (Å²) in [4.78, 5) is 3.82. The van der Waals surface area contributed by atoms with Gasteiger partial charge in [-0.3, -0.25) is 0 Å². The summed E-state index contributed by atoms with van der Waals surface area (Å²) < 4.78 is 12.9. The molecule has 2 nitrogen and oxygen atoms in total. The minimum atomic E-state index is -0.413. The molecule has 1 fully saturated rings. The normalized spacial score (nSPS) is 26.3. The maximum Gasteiger partial charge on any atom is 0.214 e. The number of nitrogens with one attached hydrogen (secondary N) is 1. The maximum atomic E-state index is 12.9. The Bertz CT molecular complexity index is 327. The van der Waals surface area contributed by atoms with Gasteiger partial charge in [0.05, 0.1) is 0 Å². The second-order valence-electron chi connectivity index (χ2n) is 4.36. The third kappa shape index (κ3) is 2.67. The predicted octanol–water partition coefficient (Wildman–Crippen LogP) is 3.21. The molecular weight excluding hydrogens is 191 g/mol. The molecule has 0 unspecified atom stereocenters. The fourth-order valence-electron chi connectivity index (χ4n) is 2.21. The highest BCUT2D eigenvalue weighted by atomic mass is 19.1. The molecule has 0 aliphatic heterocycles. The van der Waals surface area contributed by atoms with Gasteiger partial charge in [0, 0.05) is 6.04 Å². The second kappa shape index (κ2) is 4.60. The van der Waals surface area contributed by atoms with Crippen molar-refractivity contribution in [3.05, 3.63) is 24.1 Å². The highest BCUT2D eigenvalue weighted by Crippen LogP contribution is 2.26. The summed E-state index contributed by atoms with van der Waals surface area (Å²) in [6.45, 7) is 2.25. The highest BCUT2D eigenvalue weighted by Gasteiger charge is 2.21. The van der Waals surface area contributed by atoms with Gasteiger partial charge in [-0.2, -0.15) is 4.39 Å². The van der Waals surface area contributed by atoms with Gasteiger partial charge in [0.1, 0.15) is 5.82 Å². The molecule has 0 spiro atoms. The quantitative estimate of drug-likeness (QED) is 0.755. The first-order chi connectivity index (χ1) is 7.25. The Morgan fingerprint density at radius 1 is 1.33 bits per heavy atom. The van der Waals surface area contributed by atoms with Gasteiger partial charge >= 0.3 is 0 Å². The molecule has 2 atom stereocenters. The van der Waals surface area contributed by atoms with Crippen LogP contribution >= 0.6 is 0 Å². The number of hydrogen-bond donors (Lipinski definition) is 1. The van der Waals surface area contributed by atoms with Crippen LogP contribution in [0.3, 0.4) is 0 Å². The van der Waals surface area contributed by atoms with Gasteiger partial charge in [0.2, 0.25) is 5.95 Å². The van der Waals surface area contributed by atoms with Gasteiger partial charge in [-0.15, -0.1) is 0 Å². The van der Waals surface area contributed by atoms with E-state index in [1.807, 2.05) is 6.07 Å². The number of halogens is 1. The van der Waals surface area contributed by atoms with Crippen molar-refractivity contribution >= 4 is 5.82 Å². The monoisotopic (exact) mass is 208 g/mol. The third-order valence-corrected chi connectivity index (χ3v) is 3.16. The summed E-state index contributed by atoms with van der Waals surface area (Å²) in [6.07, 6.45) is 5.00. The summed E-state index contributed by atoms with van der Waals surface area (Å²) >= 11 is 0. The topological polar surface area (TPSA) is 24.9 Å².